The first-order valence-electron chi connectivity index (χ1n) is 7.25. The highest BCUT2D eigenvalue weighted by molar-refractivity contribution is 6.01. The molecule has 0 amide bonds. The summed E-state index contributed by atoms with van der Waals surface area (Å²) in [5, 5.41) is 0. The standard InChI is InChI=1S/C15H26O4/c1-6-14(5)11(4)9-10-15(14,12(16)18-7-2)13(17)19-8-3/h11H,6-10H2,1-5H3/t11-,14+/m0/s1. The lowest BCUT2D eigenvalue weighted by molar-refractivity contribution is -0.182. The van der Waals surface area contributed by atoms with Crippen molar-refractivity contribution in [3.63, 3.8) is 0 Å². The fraction of sp³-hybridized carbons (Fsp3) is 0.867. The van der Waals surface area contributed by atoms with Crippen molar-refractivity contribution >= 4 is 11.9 Å². The van der Waals surface area contributed by atoms with Crippen LogP contribution in [-0.4, -0.2) is 25.2 Å². The molecule has 4 heteroatoms. The SMILES string of the molecule is CCOC(=O)C1(C(=O)OCC)CC[C@H](C)[C@@]1(C)CC. The highest BCUT2D eigenvalue weighted by Crippen LogP contribution is 2.59. The van der Waals surface area contributed by atoms with Crippen molar-refractivity contribution < 1.29 is 19.1 Å². The van der Waals surface area contributed by atoms with Crippen molar-refractivity contribution in [2.24, 2.45) is 16.7 Å². The van der Waals surface area contributed by atoms with Gasteiger partial charge in [0.2, 0.25) is 0 Å². The zero-order chi connectivity index (χ0) is 14.7. The fourth-order valence-electron chi connectivity index (χ4n) is 3.37. The third-order valence-electron chi connectivity index (χ3n) is 5.00. The molecule has 0 N–H and O–H groups in total. The van der Waals surface area contributed by atoms with E-state index in [0.29, 0.717) is 12.3 Å². The second-order valence-electron chi connectivity index (χ2n) is 5.56. The lowest BCUT2D eigenvalue weighted by atomic mass is 9.62. The van der Waals surface area contributed by atoms with Gasteiger partial charge in [-0.2, -0.15) is 0 Å². The Morgan fingerprint density at radius 3 is 1.95 bits per heavy atom. The smallest absolute Gasteiger partial charge is 0.324 e. The molecule has 0 bridgehead atoms. The lowest BCUT2D eigenvalue weighted by Gasteiger charge is -2.41. The molecule has 0 aromatic heterocycles. The molecule has 0 heterocycles. The van der Waals surface area contributed by atoms with Crippen molar-refractivity contribution in [2.75, 3.05) is 13.2 Å². The van der Waals surface area contributed by atoms with Crippen molar-refractivity contribution in [1.29, 1.82) is 0 Å². The van der Waals surface area contributed by atoms with Gasteiger partial charge in [0.25, 0.3) is 0 Å². The molecule has 1 aliphatic rings. The Bertz CT molecular complexity index is 332. The molecule has 0 aromatic carbocycles. The minimum Gasteiger partial charge on any atom is -0.465 e. The normalized spacial score (nSPS) is 29.0. The van der Waals surface area contributed by atoms with Gasteiger partial charge in [0, 0.05) is 0 Å². The molecule has 2 atom stereocenters. The molecule has 110 valence electrons. The van der Waals surface area contributed by atoms with Gasteiger partial charge in [0.05, 0.1) is 13.2 Å². The van der Waals surface area contributed by atoms with Crippen LogP contribution in [0.25, 0.3) is 0 Å². The van der Waals surface area contributed by atoms with E-state index in [9.17, 15) is 9.59 Å². The first-order valence-corrected chi connectivity index (χ1v) is 7.25. The Hall–Kier alpha value is -1.06. The van der Waals surface area contributed by atoms with Crippen LogP contribution in [-0.2, 0) is 19.1 Å². The van der Waals surface area contributed by atoms with E-state index < -0.39 is 22.8 Å². The third-order valence-corrected chi connectivity index (χ3v) is 5.00. The molecule has 1 rings (SSSR count). The number of hydrogen-bond acceptors (Lipinski definition) is 4. The maximum atomic E-state index is 12.5. The summed E-state index contributed by atoms with van der Waals surface area (Å²) in [6, 6.07) is 0. The van der Waals surface area contributed by atoms with Crippen LogP contribution in [0.15, 0.2) is 0 Å². The summed E-state index contributed by atoms with van der Waals surface area (Å²) in [4.78, 5) is 25.0. The molecule has 0 spiro atoms. The molecular formula is C15H26O4. The molecule has 0 aliphatic heterocycles. The van der Waals surface area contributed by atoms with E-state index in [2.05, 4.69) is 6.92 Å². The summed E-state index contributed by atoms with van der Waals surface area (Å²) in [5.41, 5.74) is -1.53. The zero-order valence-electron chi connectivity index (χ0n) is 12.7. The summed E-state index contributed by atoms with van der Waals surface area (Å²) in [6.45, 7) is 10.2. The summed E-state index contributed by atoms with van der Waals surface area (Å²) in [7, 11) is 0. The Morgan fingerprint density at radius 2 is 1.58 bits per heavy atom. The van der Waals surface area contributed by atoms with Crippen LogP contribution in [0, 0.1) is 16.7 Å². The predicted octanol–water partition coefficient (Wildman–Crippen LogP) is 2.95. The second kappa shape index (κ2) is 5.93. The fourth-order valence-corrected chi connectivity index (χ4v) is 3.37. The van der Waals surface area contributed by atoms with Crippen LogP contribution >= 0.6 is 0 Å². The van der Waals surface area contributed by atoms with Crippen molar-refractivity contribution in [1.82, 2.24) is 0 Å². The van der Waals surface area contributed by atoms with E-state index in [1.54, 1.807) is 13.8 Å². The van der Waals surface area contributed by atoms with Crippen LogP contribution in [0.4, 0.5) is 0 Å². The van der Waals surface area contributed by atoms with Gasteiger partial charge in [0.15, 0.2) is 5.41 Å². The van der Waals surface area contributed by atoms with Crippen LogP contribution in [0.3, 0.4) is 0 Å². The summed E-state index contributed by atoms with van der Waals surface area (Å²) < 4.78 is 10.4. The Kier molecular flexibility index (Phi) is 4.99. The van der Waals surface area contributed by atoms with Crippen molar-refractivity contribution in [3.05, 3.63) is 0 Å². The van der Waals surface area contributed by atoms with Gasteiger partial charge >= 0.3 is 11.9 Å². The average molecular weight is 270 g/mol. The van der Waals surface area contributed by atoms with Gasteiger partial charge in [-0.3, -0.25) is 9.59 Å². The predicted molar refractivity (Wildman–Crippen MR) is 72.5 cm³/mol. The average Bonchev–Trinajstić information content (AvgIpc) is 2.65. The molecule has 19 heavy (non-hydrogen) atoms. The number of hydrogen-bond donors (Lipinski definition) is 0. The van der Waals surface area contributed by atoms with Gasteiger partial charge in [-0.05, 0) is 44.4 Å². The minimum atomic E-state index is -1.13. The molecule has 0 saturated heterocycles. The van der Waals surface area contributed by atoms with Crippen LogP contribution in [0.1, 0.15) is 53.9 Å². The van der Waals surface area contributed by atoms with Crippen LogP contribution in [0.5, 0.6) is 0 Å². The molecular weight excluding hydrogens is 244 g/mol. The largest absolute Gasteiger partial charge is 0.465 e. The highest BCUT2D eigenvalue weighted by Gasteiger charge is 2.65. The maximum Gasteiger partial charge on any atom is 0.324 e. The molecule has 0 radical (unpaired) electrons. The Balaban J connectivity index is 3.26. The quantitative estimate of drug-likeness (QED) is 0.569. The number of ether oxygens (including phenoxy) is 2. The van der Waals surface area contributed by atoms with E-state index in [4.69, 9.17) is 9.47 Å². The van der Waals surface area contributed by atoms with Gasteiger partial charge in [0.1, 0.15) is 0 Å². The van der Waals surface area contributed by atoms with Crippen LogP contribution in [0.2, 0.25) is 0 Å². The second-order valence-corrected chi connectivity index (χ2v) is 5.56. The van der Waals surface area contributed by atoms with E-state index in [-0.39, 0.29) is 13.2 Å². The van der Waals surface area contributed by atoms with E-state index in [0.717, 1.165) is 12.8 Å². The molecule has 4 nitrogen and oxygen atoms in total. The van der Waals surface area contributed by atoms with Gasteiger partial charge < -0.3 is 9.47 Å². The molecule has 1 saturated carbocycles. The highest BCUT2D eigenvalue weighted by atomic mass is 16.6. The monoisotopic (exact) mass is 270 g/mol. The van der Waals surface area contributed by atoms with Gasteiger partial charge in [-0.25, -0.2) is 0 Å². The Labute approximate surface area is 115 Å². The summed E-state index contributed by atoms with van der Waals surface area (Å²) in [6.07, 6.45) is 2.13. The van der Waals surface area contributed by atoms with E-state index in [1.165, 1.54) is 0 Å². The molecule has 1 aliphatic carbocycles. The van der Waals surface area contributed by atoms with Gasteiger partial charge in [-0.15, -0.1) is 0 Å². The van der Waals surface area contributed by atoms with Crippen molar-refractivity contribution in [2.45, 2.75) is 53.9 Å². The number of rotatable bonds is 5. The Morgan fingerprint density at radius 1 is 1.11 bits per heavy atom. The number of esters is 2. The first kappa shape index (κ1) is 16.0. The molecule has 1 fully saturated rings. The third kappa shape index (κ3) is 2.26. The zero-order valence-corrected chi connectivity index (χ0v) is 12.7. The van der Waals surface area contributed by atoms with Crippen molar-refractivity contribution in [3.8, 4) is 0 Å². The number of carbonyl (C=O) groups excluding carboxylic acids is 2. The van der Waals surface area contributed by atoms with E-state index >= 15 is 0 Å². The van der Waals surface area contributed by atoms with Gasteiger partial charge in [-0.1, -0.05) is 20.8 Å². The minimum absolute atomic E-state index is 0.286. The maximum absolute atomic E-state index is 12.5. The van der Waals surface area contributed by atoms with Crippen LogP contribution < -0.4 is 0 Å². The molecule has 0 aromatic rings. The first-order chi connectivity index (χ1) is 8.90. The van der Waals surface area contributed by atoms with E-state index in [1.807, 2.05) is 13.8 Å². The number of carbonyl (C=O) groups is 2. The lowest BCUT2D eigenvalue weighted by Crippen LogP contribution is -2.51. The summed E-state index contributed by atoms with van der Waals surface area (Å²) in [5.74, 6) is -0.532. The topological polar surface area (TPSA) is 52.6 Å². The molecule has 0 unspecified atom stereocenters. The summed E-state index contributed by atoms with van der Waals surface area (Å²) >= 11 is 0.